The molecule has 1 N–H and O–H groups in total. The zero-order chi connectivity index (χ0) is 17.9. The van der Waals surface area contributed by atoms with Crippen LogP contribution in [-0.4, -0.2) is 37.2 Å². The first kappa shape index (κ1) is 16.3. The fraction of sp³-hybridized carbons (Fsp3) is 0.211. The number of aromatic nitrogens is 1. The number of hydrogen-bond acceptors (Lipinski definition) is 6. The predicted octanol–water partition coefficient (Wildman–Crippen LogP) is 2.28. The van der Waals surface area contributed by atoms with E-state index in [9.17, 15) is 9.59 Å². The maximum Gasteiger partial charge on any atom is 0.349 e. The minimum atomic E-state index is -0.675. The Kier molecular flexibility index (Phi) is 4.37. The number of ether oxygens (including phenoxy) is 1. The number of carbonyl (C=O) groups excluding carboxylic acids is 1. The molecule has 0 spiro atoms. The highest BCUT2D eigenvalue weighted by atomic mass is 16.5. The third-order valence-electron chi connectivity index (χ3n) is 4.25. The van der Waals surface area contributed by atoms with E-state index in [0.29, 0.717) is 30.0 Å². The van der Waals surface area contributed by atoms with Crippen molar-refractivity contribution in [3.63, 3.8) is 0 Å². The van der Waals surface area contributed by atoms with Crippen molar-refractivity contribution in [1.82, 2.24) is 4.98 Å². The van der Waals surface area contributed by atoms with Crippen molar-refractivity contribution in [3.8, 4) is 0 Å². The molecule has 3 heterocycles. The number of anilines is 2. The monoisotopic (exact) mass is 351 g/mol. The number of pyridine rings is 1. The van der Waals surface area contributed by atoms with Crippen molar-refractivity contribution < 1.29 is 13.9 Å². The molecule has 3 aromatic rings. The topological polar surface area (TPSA) is 84.7 Å². The molecule has 1 amide bonds. The van der Waals surface area contributed by atoms with Gasteiger partial charge in [0.15, 0.2) is 0 Å². The van der Waals surface area contributed by atoms with Crippen LogP contribution in [0, 0.1) is 0 Å². The van der Waals surface area contributed by atoms with Crippen LogP contribution in [0.3, 0.4) is 0 Å². The van der Waals surface area contributed by atoms with Crippen molar-refractivity contribution in [1.29, 1.82) is 0 Å². The first-order valence-corrected chi connectivity index (χ1v) is 8.34. The minimum absolute atomic E-state index is 0.0530. The van der Waals surface area contributed by atoms with Gasteiger partial charge in [0.2, 0.25) is 0 Å². The molecule has 1 aromatic carbocycles. The second-order valence-corrected chi connectivity index (χ2v) is 5.94. The lowest BCUT2D eigenvalue weighted by molar-refractivity contribution is 0.102. The Morgan fingerprint density at radius 3 is 2.69 bits per heavy atom. The number of nitrogens with one attached hydrogen (secondary N) is 1. The minimum Gasteiger partial charge on any atom is -0.422 e. The van der Waals surface area contributed by atoms with Crippen LogP contribution >= 0.6 is 0 Å². The van der Waals surface area contributed by atoms with Gasteiger partial charge in [-0.15, -0.1) is 0 Å². The molecule has 0 bridgehead atoms. The summed E-state index contributed by atoms with van der Waals surface area (Å²) in [5.74, 6) is -0.171. The SMILES string of the molecule is O=C(Nc1ccc(N2CCOCC2)cn1)c1cc2ccccc2oc1=O. The molecule has 1 fully saturated rings. The molecule has 0 radical (unpaired) electrons. The molecule has 1 aliphatic rings. The summed E-state index contributed by atoms with van der Waals surface area (Å²) in [6, 6.07) is 12.2. The largest absolute Gasteiger partial charge is 0.422 e. The van der Waals surface area contributed by atoms with Gasteiger partial charge in [-0.05, 0) is 24.3 Å². The summed E-state index contributed by atoms with van der Waals surface area (Å²) in [5, 5.41) is 3.33. The molecule has 0 aliphatic carbocycles. The van der Waals surface area contributed by atoms with E-state index in [-0.39, 0.29) is 5.56 Å². The van der Waals surface area contributed by atoms with Crippen LogP contribution in [0.25, 0.3) is 11.0 Å². The van der Waals surface area contributed by atoms with Crippen LogP contribution in [0.5, 0.6) is 0 Å². The van der Waals surface area contributed by atoms with E-state index in [1.807, 2.05) is 12.1 Å². The Bertz CT molecular complexity index is 992. The van der Waals surface area contributed by atoms with Crippen molar-refractivity contribution in [2.75, 3.05) is 36.5 Å². The molecule has 1 saturated heterocycles. The molecule has 0 atom stereocenters. The molecule has 0 unspecified atom stereocenters. The molecule has 7 nitrogen and oxygen atoms in total. The van der Waals surface area contributed by atoms with Crippen molar-refractivity contribution in [3.05, 3.63) is 64.6 Å². The van der Waals surface area contributed by atoms with Gasteiger partial charge in [0, 0.05) is 18.5 Å². The predicted molar refractivity (Wildman–Crippen MR) is 97.7 cm³/mol. The van der Waals surface area contributed by atoms with Gasteiger partial charge in [-0.1, -0.05) is 18.2 Å². The zero-order valence-corrected chi connectivity index (χ0v) is 14.0. The van der Waals surface area contributed by atoms with Gasteiger partial charge in [-0.2, -0.15) is 0 Å². The van der Waals surface area contributed by atoms with Crippen molar-refractivity contribution in [2.45, 2.75) is 0 Å². The molecule has 4 rings (SSSR count). The highest BCUT2D eigenvalue weighted by Gasteiger charge is 2.15. The standard InChI is InChI=1S/C19H17N3O4/c23-18(15-11-13-3-1-2-4-16(13)26-19(15)24)21-17-6-5-14(12-20-17)22-7-9-25-10-8-22/h1-6,11-12H,7-10H2,(H,20,21,23). The third kappa shape index (κ3) is 3.29. The Labute approximate surface area is 149 Å². The molecule has 132 valence electrons. The van der Waals surface area contributed by atoms with Crippen molar-refractivity contribution in [2.24, 2.45) is 0 Å². The summed E-state index contributed by atoms with van der Waals surface area (Å²) in [7, 11) is 0. The number of amides is 1. The lowest BCUT2D eigenvalue weighted by Gasteiger charge is -2.28. The van der Waals surface area contributed by atoms with Gasteiger partial charge in [-0.25, -0.2) is 9.78 Å². The van der Waals surface area contributed by atoms with Crippen LogP contribution in [-0.2, 0) is 4.74 Å². The average Bonchev–Trinajstić information content (AvgIpc) is 2.68. The molecular formula is C19H17N3O4. The summed E-state index contributed by atoms with van der Waals surface area (Å²) in [4.78, 5) is 30.9. The fourth-order valence-electron chi connectivity index (χ4n) is 2.87. The van der Waals surface area contributed by atoms with Crippen LogP contribution in [0.15, 0.2) is 57.9 Å². The van der Waals surface area contributed by atoms with E-state index >= 15 is 0 Å². The highest BCUT2D eigenvalue weighted by Crippen LogP contribution is 2.17. The van der Waals surface area contributed by atoms with E-state index < -0.39 is 11.5 Å². The smallest absolute Gasteiger partial charge is 0.349 e. The van der Waals surface area contributed by atoms with Gasteiger partial charge >= 0.3 is 5.63 Å². The Morgan fingerprint density at radius 1 is 1.12 bits per heavy atom. The van der Waals surface area contributed by atoms with E-state index in [1.54, 1.807) is 30.5 Å². The summed E-state index contributed by atoms with van der Waals surface area (Å²) in [6.07, 6.45) is 1.70. The second-order valence-electron chi connectivity index (χ2n) is 5.94. The van der Waals surface area contributed by atoms with Gasteiger partial charge in [-0.3, -0.25) is 4.79 Å². The molecule has 0 saturated carbocycles. The van der Waals surface area contributed by atoms with E-state index in [4.69, 9.17) is 9.15 Å². The lowest BCUT2D eigenvalue weighted by atomic mass is 10.2. The second kappa shape index (κ2) is 6.97. The van der Waals surface area contributed by atoms with Gasteiger partial charge in [0.05, 0.1) is 25.1 Å². The molecule has 2 aromatic heterocycles. The number of benzene rings is 1. The first-order chi connectivity index (χ1) is 12.7. The summed E-state index contributed by atoms with van der Waals surface area (Å²) >= 11 is 0. The number of fused-ring (bicyclic) bond motifs is 1. The van der Waals surface area contributed by atoms with Crippen LogP contribution in [0.2, 0.25) is 0 Å². The Hall–Kier alpha value is -3.19. The number of rotatable bonds is 3. The summed E-state index contributed by atoms with van der Waals surface area (Å²) in [6.45, 7) is 3.00. The maximum absolute atomic E-state index is 12.4. The summed E-state index contributed by atoms with van der Waals surface area (Å²) < 4.78 is 10.5. The van der Waals surface area contributed by atoms with E-state index in [1.165, 1.54) is 6.07 Å². The van der Waals surface area contributed by atoms with E-state index in [0.717, 1.165) is 18.8 Å². The van der Waals surface area contributed by atoms with Crippen molar-refractivity contribution >= 4 is 28.4 Å². The molecule has 7 heteroatoms. The first-order valence-electron chi connectivity index (χ1n) is 8.34. The molecular weight excluding hydrogens is 334 g/mol. The van der Waals surface area contributed by atoms with Gasteiger partial charge < -0.3 is 19.4 Å². The van der Waals surface area contributed by atoms with E-state index in [2.05, 4.69) is 15.2 Å². The fourth-order valence-corrected chi connectivity index (χ4v) is 2.87. The maximum atomic E-state index is 12.4. The number of morpholine rings is 1. The quantitative estimate of drug-likeness (QED) is 0.729. The number of nitrogens with zero attached hydrogens (tertiary/aromatic N) is 2. The average molecular weight is 351 g/mol. The molecule has 1 aliphatic heterocycles. The Balaban J connectivity index is 1.52. The zero-order valence-electron chi connectivity index (χ0n) is 14.0. The lowest BCUT2D eigenvalue weighted by Crippen LogP contribution is -2.36. The molecule has 26 heavy (non-hydrogen) atoms. The van der Waals surface area contributed by atoms with Crippen LogP contribution < -0.4 is 15.8 Å². The van der Waals surface area contributed by atoms with Gasteiger partial charge in [0.25, 0.3) is 5.91 Å². The number of hydrogen-bond donors (Lipinski definition) is 1. The van der Waals surface area contributed by atoms with Crippen LogP contribution in [0.4, 0.5) is 11.5 Å². The normalized spacial score (nSPS) is 14.4. The number of carbonyl (C=O) groups is 1. The summed E-state index contributed by atoms with van der Waals surface area (Å²) in [5.41, 5.74) is 0.687. The number of para-hydroxylation sites is 1. The Morgan fingerprint density at radius 2 is 1.92 bits per heavy atom. The third-order valence-corrected chi connectivity index (χ3v) is 4.25. The van der Waals surface area contributed by atoms with Crippen LogP contribution in [0.1, 0.15) is 10.4 Å². The highest BCUT2D eigenvalue weighted by molar-refractivity contribution is 6.04. The van der Waals surface area contributed by atoms with Gasteiger partial charge in [0.1, 0.15) is 17.0 Å².